The zero-order valence-electron chi connectivity index (χ0n) is 18.4. The number of anilines is 1. The molecule has 0 aliphatic carbocycles. The minimum atomic E-state index is -1.13. The van der Waals surface area contributed by atoms with Crippen molar-refractivity contribution < 1.29 is 24.5 Å². The predicted octanol–water partition coefficient (Wildman–Crippen LogP) is 4.17. The lowest BCUT2D eigenvalue weighted by Crippen LogP contribution is -2.35. The largest absolute Gasteiger partial charge is 0.478 e. The molecule has 1 saturated heterocycles. The van der Waals surface area contributed by atoms with Crippen LogP contribution in [-0.2, 0) is 4.74 Å². The second kappa shape index (κ2) is 9.61. The quantitative estimate of drug-likeness (QED) is 0.411. The number of carboxylic acid groups (broad SMARTS) is 2. The molecular formula is C25H20N4O5S. The number of morpholine rings is 1. The SMILES string of the molecule is O=C(O)c1ccnc(-c2cc(C(=O)O)cc(-c3cc(-c4ccc(N5CCOCC5)s4)ccn3)n2)c1. The highest BCUT2D eigenvalue weighted by molar-refractivity contribution is 7.19. The minimum absolute atomic E-state index is 0.00505. The molecule has 1 fully saturated rings. The number of nitrogens with zero attached hydrogens (tertiary/aromatic N) is 4. The molecule has 5 heterocycles. The highest BCUT2D eigenvalue weighted by Gasteiger charge is 2.17. The standard InChI is InChI=1S/C25H20N4O5S/c30-24(31)16-4-6-27-19(12-16)21-14-17(25(32)33)13-20(28-21)18-11-15(3-5-26-18)22-1-2-23(35-22)29-7-9-34-10-8-29/h1-6,11-14H,7-10H2,(H,30,31)(H,32,33). The average Bonchev–Trinajstić information content (AvgIpc) is 3.40. The Morgan fingerprint density at radius 3 is 2.11 bits per heavy atom. The fourth-order valence-corrected chi connectivity index (χ4v) is 4.83. The van der Waals surface area contributed by atoms with Gasteiger partial charge in [-0.05, 0) is 54.1 Å². The van der Waals surface area contributed by atoms with Gasteiger partial charge >= 0.3 is 11.9 Å². The third-order valence-electron chi connectivity index (χ3n) is 5.56. The smallest absolute Gasteiger partial charge is 0.335 e. The van der Waals surface area contributed by atoms with Crippen LogP contribution in [0.1, 0.15) is 20.7 Å². The number of aromatic nitrogens is 3. The van der Waals surface area contributed by atoms with Crippen LogP contribution >= 0.6 is 11.3 Å². The molecule has 0 bridgehead atoms. The number of hydrogen-bond acceptors (Lipinski definition) is 8. The van der Waals surface area contributed by atoms with Gasteiger partial charge in [0, 0.05) is 30.4 Å². The van der Waals surface area contributed by atoms with Crippen LogP contribution in [0, 0.1) is 0 Å². The molecule has 176 valence electrons. The van der Waals surface area contributed by atoms with Crippen molar-refractivity contribution in [3.63, 3.8) is 0 Å². The maximum Gasteiger partial charge on any atom is 0.335 e. The van der Waals surface area contributed by atoms with Gasteiger partial charge in [0.05, 0.1) is 52.1 Å². The van der Waals surface area contributed by atoms with Gasteiger partial charge in [0.2, 0.25) is 0 Å². The molecule has 1 aliphatic rings. The van der Waals surface area contributed by atoms with E-state index in [4.69, 9.17) is 4.74 Å². The fraction of sp³-hybridized carbons (Fsp3) is 0.160. The van der Waals surface area contributed by atoms with Crippen LogP contribution in [0.15, 0.2) is 60.9 Å². The van der Waals surface area contributed by atoms with Gasteiger partial charge in [-0.1, -0.05) is 0 Å². The van der Waals surface area contributed by atoms with Crippen molar-refractivity contribution in [2.45, 2.75) is 0 Å². The lowest BCUT2D eigenvalue weighted by molar-refractivity contribution is 0.0686. The zero-order chi connectivity index (χ0) is 24.4. The van der Waals surface area contributed by atoms with Crippen molar-refractivity contribution in [2.24, 2.45) is 0 Å². The number of carbonyl (C=O) groups is 2. The lowest BCUT2D eigenvalue weighted by atomic mass is 10.1. The van der Waals surface area contributed by atoms with E-state index in [0.717, 1.165) is 23.5 Å². The molecule has 0 unspecified atom stereocenters. The van der Waals surface area contributed by atoms with Crippen LogP contribution < -0.4 is 4.90 Å². The highest BCUT2D eigenvalue weighted by Crippen LogP contribution is 2.35. The number of thiophene rings is 1. The Labute approximate surface area is 204 Å². The molecule has 10 heteroatoms. The van der Waals surface area contributed by atoms with Crippen molar-refractivity contribution in [1.82, 2.24) is 15.0 Å². The maximum absolute atomic E-state index is 11.8. The van der Waals surface area contributed by atoms with Gasteiger partial charge in [-0.2, -0.15) is 0 Å². The Morgan fingerprint density at radius 2 is 1.43 bits per heavy atom. The summed E-state index contributed by atoms with van der Waals surface area (Å²) in [5.41, 5.74) is 2.35. The summed E-state index contributed by atoms with van der Waals surface area (Å²) >= 11 is 1.67. The molecule has 4 aromatic heterocycles. The molecule has 5 rings (SSSR count). The van der Waals surface area contributed by atoms with Crippen LogP contribution in [-0.4, -0.2) is 63.4 Å². The van der Waals surface area contributed by atoms with Crippen molar-refractivity contribution >= 4 is 28.3 Å². The summed E-state index contributed by atoms with van der Waals surface area (Å²) in [6.07, 6.45) is 3.02. The fourth-order valence-electron chi connectivity index (χ4n) is 3.78. The van der Waals surface area contributed by atoms with E-state index in [2.05, 4.69) is 32.0 Å². The molecule has 0 spiro atoms. The summed E-state index contributed by atoms with van der Waals surface area (Å²) in [5.74, 6) is -2.24. The second-order valence-corrected chi connectivity index (χ2v) is 8.90. The van der Waals surface area contributed by atoms with Crippen LogP contribution in [0.5, 0.6) is 0 Å². The van der Waals surface area contributed by atoms with E-state index >= 15 is 0 Å². The monoisotopic (exact) mass is 488 g/mol. The average molecular weight is 489 g/mol. The first kappa shape index (κ1) is 22.6. The first-order chi connectivity index (χ1) is 17.0. The van der Waals surface area contributed by atoms with Crippen LogP contribution in [0.3, 0.4) is 0 Å². The Hall–Kier alpha value is -4.15. The number of hydrogen-bond donors (Lipinski definition) is 2. The van der Waals surface area contributed by atoms with E-state index in [1.807, 2.05) is 12.1 Å². The van der Waals surface area contributed by atoms with Gasteiger partial charge in [-0.15, -0.1) is 11.3 Å². The van der Waals surface area contributed by atoms with E-state index in [-0.39, 0.29) is 22.5 Å². The van der Waals surface area contributed by atoms with Gasteiger partial charge in [0.1, 0.15) is 0 Å². The van der Waals surface area contributed by atoms with E-state index in [1.54, 1.807) is 17.5 Å². The van der Waals surface area contributed by atoms with Crippen molar-refractivity contribution in [3.8, 4) is 33.2 Å². The summed E-state index contributed by atoms with van der Waals surface area (Å²) in [6.45, 7) is 3.14. The third-order valence-corrected chi connectivity index (χ3v) is 6.76. The first-order valence-electron chi connectivity index (χ1n) is 10.8. The van der Waals surface area contributed by atoms with E-state index in [0.29, 0.717) is 24.6 Å². The molecule has 9 nitrogen and oxygen atoms in total. The van der Waals surface area contributed by atoms with Crippen molar-refractivity contribution in [1.29, 1.82) is 0 Å². The Bertz CT molecular complexity index is 1410. The van der Waals surface area contributed by atoms with Gasteiger partial charge in [0.25, 0.3) is 0 Å². The topological polar surface area (TPSA) is 126 Å². The van der Waals surface area contributed by atoms with Gasteiger partial charge < -0.3 is 19.8 Å². The van der Waals surface area contributed by atoms with Crippen LogP contribution in [0.2, 0.25) is 0 Å². The normalized spacial score (nSPS) is 13.5. The molecule has 0 radical (unpaired) electrons. The van der Waals surface area contributed by atoms with E-state index in [1.165, 1.54) is 35.5 Å². The number of ether oxygens (including phenoxy) is 1. The van der Waals surface area contributed by atoms with Gasteiger partial charge in [-0.3, -0.25) is 9.97 Å². The van der Waals surface area contributed by atoms with E-state index < -0.39 is 11.9 Å². The zero-order valence-corrected chi connectivity index (χ0v) is 19.2. The van der Waals surface area contributed by atoms with E-state index in [9.17, 15) is 19.8 Å². The first-order valence-corrected chi connectivity index (χ1v) is 11.6. The summed E-state index contributed by atoms with van der Waals surface area (Å²) in [4.78, 5) is 39.7. The molecule has 0 aromatic carbocycles. The summed E-state index contributed by atoms with van der Waals surface area (Å²) in [7, 11) is 0. The number of rotatable bonds is 6. The maximum atomic E-state index is 11.8. The Kier molecular flexibility index (Phi) is 6.21. The second-order valence-electron chi connectivity index (χ2n) is 7.83. The summed E-state index contributed by atoms with van der Waals surface area (Å²) in [6, 6.07) is 13.5. The summed E-state index contributed by atoms with van der Waals surface area (Å²) < 4.78 is 5.44. The number of pyridine rings is 3. The van der Waals surface area contributed by atoms with Crippen molar-refractivity contribution in [2.75, 3.05) is 31.2 Å². The van der Waals surface area contributed by atoms with Crippen LogP contribution in [0.4, 0.5) is 5.00 Å². The lowest BCUT2D eigenvalue weighted by Gasteiger charge is -2.27. The molecule has 35 heavy (non-hydrogen) atoms. The Balaban J connectivity index is 1.52. The predicted molar refractivity (Wildman–Crippen MR) is 131 cm³/mol. The highest BCUT2D eigenvalue weighted by atomic mass is 32.1. The van der Waals surface area contributed by atoms with Gasteiger partial charge in [0.15, 0.2) is 0 Å². The molecule has 0 saturated carbocycles. The molecular weight excluding hydrogens is 468 g/mol. The Morgan fingerprint density at radius 1 is 0.800 bits per heavy atom. The molecule has 1 aliphatic heterocycles. The summed E-state index contributed by atoms with van der Waals surface area (Å²) in [5, 5.41) is 20.1. The number of carboxylic acids is 2. The van der Waals surface area contributed by atoms with Crippen LogP contribution in [0.25, 0.3) is 33.2 Å². The number of aromatic carboxylic acids is 2. The van der Waals surface area contributed by atoms with Crippen molar-refractivity contribution in [3.05, 3.63) is 72.1 Å². The molecule has 0 atom stereocenters. The third kappa shape index (κ3) is 4.88. The van der Waals surface area contributed by atoms with Gasteiger partial charge in [-0.25, -0.2) is 14.6 Å². The molecule has 2 N–H and O–H groups in total. The molecule has 0 amide bonds. The minimum Gasteiger partial charge on any atom is -0.478 e. The molecule has 4 aromatic rings.